The summed E-state index contributed by atoms with van der Waals surface area (Å²) in [6.07, 6.45) is 0. The Labute approximate surface area is 146 Å². The smallest absolute Gasteiger partial charge is 0.350 e. The molecule has 0 radical (unpaired) electrons. The summed E-state index contributed by atoms with van der Waals surface area (Å²) < 4.78 is 5.19. The maximum atomic E-state index is 12.1. The second-order valence-electron chi connectivity index (χ2n) is 4.69. The van der Waals surface area contributed by atoms with Crippen molar-refractivity contribution in [1.29, 1.82) is 0 Å². The molecule has 2 N–H and O–H groups in total. The zero-order valence-corrected chi connectivity index (χ0v) is 13.8. The van der Waals surface area contributed by atoms with E-state index in [4.69, 9.17) is 39.8 Å². The molecule has 3 rings (SSSR count). The van der Waals surface area contributed by atoms with E-state index in [0.717, 1.165) is 0 Å². The van der Waals surface area contributed by atoms with Gasteiger partial charge in [0.05, 0.1) is 15.4 Å². The van der Waals surface area contributed by atoms with E-state index in [1.165, 1.54) is 0 Å². The van der Waals surface area contributed by atoms with Crippen molar-refractivity contribution in [2.45, 2.75) is 0 Å². The molecule has 0 saturated heterocycles. The van der Waals surface area contributed by atoms with Crippen molar-refractivity contribution < 1.29 is 9.52 Å². The first-order chi connectivity index (χ1) is 11.0. The predicted molar refractivity (Wildman–Crippen MR) is 95.9 cm³/mol. The number of thiocarbonyl (C=S) groups is 1. The van der Waals surface area contributed by atoms with Crippen molar-refractivity contribution in [3.05, 3.63) is 68.5 Å². The fourth-order valence-corrected chi connectivity index (χ4v) is 2.70. The van der Waals surface area contributed by atoms with Crippen LogP contribution in [0.4, 0.5) is 5.69 Å². The highest BCUT2D eigenvalue weighted by Gasteiger charge is 2.18. The molecule has 2 aromatic carbocycles. The summed E-state index contributed by atoms with van der Waals surface area (Å²) in [7, 11) is 0. The average molecular weight is 366 g/mol. The summed E-state index contributed by atoms with van der Waals surface area (Å²) in [5.74, 6) is -0.227. The lowest BCUT2D eigenvalue weighted by Crippen LogP contribution is -2.20. The zero-order valence-electron chi connectivity index (χ0n) is 11.5. The third-order valence-electron chi connectivity index (χ3n) is 3.19. The Hall–Kier alpha value is -2.08. The molecule has 4 nitrogen and oxygen atoms in total. The monoisotopic (exact) mass is 365 g/mol. The Morgan fingerprint density at radius 1 is 1.13 bits per heavy atom. The standard InChI is InChI=1S/C16H9Cl2NO3S/c17-10-6-5-8(7-11(10)18)19-15(23)13-14(20)9-3-1-2-4-12(9)22-16(13)21/h1-7,20H,(H,19,23). The van der Waals surface area contributed by atoms with Gasteiger partial charge in [0, 0.05) is 5.69 Å². The van der Waals surface area contributed by atoms with Gasteiger partial charge in [-0.15, -0.1) is 0 Å². The number of fused-ring (bicyclic) bond motifs is 1. The van der Waals surface area contributed by atoms with Crippen LogP contribution in [0.15, 0.2) is 51.7 Å². The number of nitrogens with one attached hydrogen (secondary N) is 1. The molecule has 7 heteroatoms. The number of rotatable bonds is 2. The van der Waals surface area contributed by atoms with Gasteiger partial charge in [0.15, 0.2) is 0 Å². The van der Waals surface area contributed by atoms with E-state index in [-0.39, 0.29) is 21.9 Å². The van der Waals surface area contributed by atoms with Gasteiger partial charge in [0.1, 0.15) is 21.9 Å². The van der Waals surface area contributed by atoms with Crippen molar-refractivity contribution in [3.63, 3.8) is 0 Å². The molecule has 0 saturated carbocycles. The Morgan fingerprint density at radius 2 is 1.87 bits per heavy atom. The summed E-state index contributed by atoms with van der Waals surface area (Å²) in [5, 5.41) is 14.3. The van der Waals surface area contributed by atoms with Crippen LogP contribution in [-0.2, 0) is 0 Å². The maximum Gasteiger partial charge on any atom is 0.350 e. The molecule has 3 aromatic rings. The molecule has 0 bridgehead atoms. The molecule has 0 atom stereocenters. The minimum atomic E-state index is -0.723. The third kappa shape index (κ3) is 3.03. The summed E-state index contributed by atoms with van der Waals surface area (Å²) in [6, 6.07) is 11.5. The van der Waals surface area contributed by atoms with E-state index in [0.29, 0.717) is 21.1 Å². The van der Waals surface area contributed by atoms with E-state index in [1.807, 2.05) is 0 Å². The van der Waals surface area contributed by atoms with E-state index >= 15 is 0 Å². The van der Waals surface area contributed by atoms with Gasteiger partial charge < -0.3 is 14.8 Å². The molecule has 0 spiro atoms. The van der Waals surface area contributed by atoms with Gasteiger partial charge in [-0.25, -0.2) is 4.79 Å². The second-order valence-corrected chi connectivity index (χ2v) is 5.91. The van der Waals surface area contributed by atoms with Crippen LogP contribution in [-0.4, -0.2) is 10.1 Å². The molecular formula is C16H9Cl2NO3S. The van der Waals surface area contributed by atoms with E-state index in [2.05, 4.69) is 5.32 Å². The number of para-hydroxylation sites is 1. The molecule has 1 aromatic heterocycles. The molecular weight excluding hydrogens is 357 g/mol. The molecule has 0 amide bonds. The van der Waals surface area contributed by atoms with Crippen molar-refractivity contribution in [2.75, 3.05) is 5.32 Å². The number of aromatic hydroxyl groups is 1. The maximum absolute atomic E-state index is 12.1. The molecule has 0 aliphatic carbocycles. The molecule has 23 heavy (non-hydrogen) atoms. The molecule has 1 heterocycles. The quantitative estimate of drug-likeness (QED) is 0.513. The first-order valence-corrected chi connectivity index (χ1v) is 7.65. The van der Waals surface area contributed by atoms with Gasteiger partial charge in [-0.05, 0) is 30.3 Å². The van der Waals surface area contributed by atoms with Gasteiger partial charge in [-0.3, -0.25) is 0 Å². The predicted octanol–water partition coefficient (Wildman–Crippen LogP) is 4.59. The van der Waals surface area contributed by atoms with Crippen molar-refractivity contribution >= 4 is 57.1 Å². The van der Waals surface area contributed by atoms with E-state index < -0.39 is 5.63 Å². The Balaban J connectivity index is 2.04. The number of hydrogen-bond donors (Lipinski definition) is 2. The minimum Gasteiger partial charge on any atom is -0.506 e. The fourth-order valence-electron chi connectivity index (χ4n) is 2.10. The van der Waals surface area contributed by atoms with Gasteiger partial charge >= 0.3 is 5.63 Å². The molecule has 116 valence electrons. The highest BCUT2D eigenvalue weighted by Crippen LogP contribution is 2.28. The largest absolute Gasteiger partial charge is 0.506 e. The van der Waals surface area contributed by atoms with Gasteiger partial charge in [0.25, 0.3) is 0 Å². The van der Waals surface area contributed by atoms with Crippen LogP contribution in [0.25, 0.3) is 11.0 Å². The minimum absolute atomic E-state index is 0.0281. The topological polar surface area (TPSA) is 62.5 Å². The molecule has 0 fully saturated rings. The summed E-state index contributed by atoms with van der Waals surface area (Å²) in [4.78, 5) is 12.1. The number of hydrogen-bond acceptors (Lipinski definition) is 4. The Kier molecular flexibility index (Phi) is 4.26. The summed E-state index contributed by atoms with van der Waals surface area (Å²) >= 11 is 17.0. The van der Waals surface area contributed by atoms with Crippen molar-refractivity contribution in [3.8, 4) is 5.75 Å². The lowest BCUT2D eigenvalue weighted by atomic mass is 10.1. The van der Waals surface area contributed by atoms with Crippen LogP contribution in [0.1, 0.15) is 5.56 Å². The van der Waals surface area contributed by atoms with Crippen molar-refractivity contribution in [2.24, 2.45) is 0 Å². The molecule has 0 aliphatic heterocycles. The van der Waals surface area contributed by atoms with Crippen LogP contribution in [0.2, 0.25) is 10.0 Å². The van der Waals surface area contributed by atoms with Crippen molar-refractivity contribution in [1.82, 2.24) is 0 Å². The first kappa shape index (κ1) is 15.8. The van der Waals surface area contributed by atoms with Crippen LogP contribution in [0.5, 0.6) is 5.75 Å². The highest BCUT2D eigenvalue weighted by molar-refractivity contribution is 7.81. The number of halogens is 2. The Morgan fingerprint density at radius 3 is 2.61 bits per heavy atom. The number of benzene rings is 2. The zero-order chi connectivity index (χ0) is 16.6. The van der Waals surface area contributed by atoms with Gasteiger partial charge in [-0.2, -0.15) is 0 Å². The first-order valence-electron chi connectivity index (χ1n) is 6.48. The lowest BCUT2D eigenvalue weighted by Gasteiger charge is -2.10. The average Bonchev–Trinajstić information content (AvgIpc) is 2.51. The normalized spacial score (nSPS) is 10.7. The SMILES string of the molecule is O=c1oc2ccccc2c(O)c1C(=S)Nc1ccc(Cl)c(Cl)c1. The molecule has 0 aliphatic rings. The van der Waals surface area contributed by atoms with Gasteiger partial charge in [-0.1, -0.05) is 47.6 Å². The van der Waals surface area contributed by atoms with Crippen LogP contribution in [0.3, 0.4) is 0 Å². The van der Waals surface area contributed by atoms with Gasteiger partial charge in [0.2, 0.25) is 0 Å². The van der Waals surface area contributed by atoms with Crippen LogP contribution >= 0.6 is 35.4 Å². The van der Waals surface area contributed by atoms with Crippen LogP contribution in [0, 0.1) is 0 Å². The van der Waals surface area contributed by atoms with E-state index in [1.54, 1.807) is 42.5 Å². The second kappa shape index (κ2) is 6.20. The molecule has 0 unspecified atom stereocenters. The summed E-state index contributed by atoms with van der Waals surface area (Å²) in [6.45, 7) is 0. The third-order valence-corrected chi connectivity index (χ3v) is 4.24. The highest BCUT2D eigenvalue weighted by atomic mass is 35.5. The number of anilines is 1. The van der Waals surface area contributed by atoms with Crippen LogP contribution < -0.4 is 10.9 Å². The Bertz CT molecular complexity index is 985. The lowest BCUT2D eigenvalue weighted by molar-refractivity contribution is 0.466. The van der Waals surface area contributed by atoms with E-state index in [9.17, 15) is 9.90 Å². The fraction of sp³-hybridized carbons (Fsp3) is 0. The summed E-state index contributed by atoms with van der Waals surface area (Å²) in [5.41, 5.74) is -0.00372.